The second-order valence-corrected chi connectivity index (χ2v) is 6.91. The predicted octanol–water partition coefficient (Wildman–Crippen LogP) is 0.328. The van der Waals surface area contributed by atoms with Gasteiger partial charge in [-0.25, -0.2) is 9.59 Å². The molecule has 3 aliphatic heterocycles. The van der Waals surface area contributed by atoms with Gasteiger partial charge in [0.2, 0.25) is 11.1 Å². The van der Waals surface area contributed by atoms with Crippen molar-refractivity contribution >= 4 is 24.0 Å². The maximum atomic E-state index is 13.3. The van der Waals surface area contributed by atoms with Crippen LogP contribution in [-0.2, 0) is 24.6 Å². The first kappa shape index (κ1) is 17.4. The van der Waals surface area contributed by atoms with E-state index in [0.717, 1.165) is 5.56 Å². The maximum Gasteiger partial charge on any atom is 0.341 e. The first-order valence-corrected chi connectivity index (χ1v) is 8.97. The molecule has 0 aromatic carbocycles. The number of hydrazone groups is 1. The zero-order chi connectivity index (χ0) is 19.6. The number of hydrogen-bond donors (Lipinski definition) is 1. The van der Waals surface area contributed by atoms with Crippen molar-refractivity contribution in [1.29, 1.82) is 5.26 Å². The van der Waals surface area contributed by atoms with Crippen LogP contribution in [0.3, 0.4) is 0 Å². The molecule has 1 aromatic heterocycles. The molecule has 0 spiro atoms. The van der Waals surface area contributed by atoms with Crippen LogP contribution < -0.4 is 10.3 Å². The molecule has 3 unspecified atom stereocenters. The Morgan fingerprint density at radius 3 is 2.63 bits per heavy atom. The lowest BCUT2D eigenvalue weighted by atomic mass is 9.74. The Labute approximate surface area is 156 Å². The minimum atomic E-state index is -1.55. The first-order valence-electron chi connectivity index (χ1n) is 8.97. The monoisotopic (exact) mass is 371 g/mol. The van der Waals surface area contributed by atoms with E-state index in [-0.39, 0.29) is 19.3 Å². The number of carbonyl (C=O) groups excluding carboxylic acids is 2. The van der Waals surface area contributed by atoms with Gasteiger partial charge in [-0.15, -0.1) is 0 Å². The van der Waals surface area contributed by atoms with Crippen LogP contribution in [0.15, 0.2) is 5.10 Å². The highest BCUT2D eigenvalue weighted by atomic mass is 16.5. The van der Waals surface area contributed by atoms with Gasteiger partial charge in [0.25, 0.3) is 0 Å². The van der Waals surface area contributed by atoms with Crippen molar-refractivity contribution in [1.82, 2.24) is 9.99 Å². The number of nitriles is 1. The highest BCUT2D eigenvalue weighted by Crippen LogP contribution is 2.55. The lowest BCUT2D eigenvalue weighted by Gasteiger charge is -2.45. The number of ether oxygens (including phenoxy) is 2. The second-order valence-electron chi connectivity index (χ2n) is 6.91. The van der Waals surface area contributed by atoms with Gasteiger partial charge in [-0.05, 0) is 33.3 Å². The van der Waals surface area contributed by atoms with E-state index in [4.69, 9.17) is 9.47 Å². The smallest absolute Gasteiger partial charge is 0.341 e. The van der Waals surface area contributed by atoms with Crippen LogP contribution in [0, 0.1) is 25.2 Å². The van der Waals surface area contributed by atoms with Gasteiger partial charge in [-0.2, -0.15) is 10.4 Å². The molecule has 0 bridgehead atoms. The molecule has 27 heavy (non-hydrogen) atoms. The van der Waals surface area contributed by atoms with E-state index < -0.39 is 23.0 Å². The van der Waals surface area contributed by atoms with Crippen molar-refractivity contribution < 1.29 is 19.1 Å². The lowest BCUT2D eigenvalue weighted by molar-refractivity contribution is -0.166. The molecule has 1 N–H and O–H groups in total. The summed E-state index contributed by atoms with van der Waals surface area (Å²) in [6.45, 7) is 7.92. The van der Waals surface area contributed by atoms with Gasteiger partial charge in [0.05, 0.1) is 31.0 Å². The van der Waals surface area contributed by atoms with Gasteiger partial charge in [-0.1, -0.05) is 0 Å². The molecule has 0 radical (unpaired) electrons. The number of carbonyl (C=O) groups is 2. The Kier molecular flexibility index (Phi) is 3.54. The Morgan fingerprint density at radius 2 is 2.00 bits per heavy atom. The van der Waals surface area contributed by atoms with Crippen LogP contribution in [0.2, 0.25) is 0 Å². The van der Waals surface area contributed by atoms with Gasteiger partial charge < -0.3 is 18.9 Å². The van der Waals surface area contributed by atoms with Gasteiger partial charge >= 0.3 is 11.9 Å². The Morgan fingerprint density at radius 1 is 1.33 bits per heavy atom. The van der Waals surface area contributed by atoms with Crippen molar-refractivity contribution in [2.45, 2.75) is 44.8 Å². The summed E-state index contributed by atoms with van der Waals surface area (Å²) in [6, 6.07) is 1.88. The third-order valence-electron chi connectivity index (χ3n) is 5.81. The number of nitrogens with zero attached hydrogens (tertiary/aromatic N) is 4. The van der Waals surface area contributed by atoms with Crippen LogP contribution in [0.25, 0.3) is 0 Å². The number of nitrogens with one attached hydrogen (secondary N) is 1. The average molecular weight is 371 g/mol. The minimum absolute atomic E-state index is 0.154. The first-order chi connectivity index (χ1) is 12.9. The molecule has 0 amide bonds. The molecule has 1 saturated heterocycles. The van der Waals surface area contributed by atoms with E-state index in [1.165, 1.54) is 6.21 Å². The molecule has 142 valence electrons. The molecular weight excluding hydrogens is 350 g/mol. The summed E-state index contributed by atoms with van der Waals surface area (Å²) in [6.07, 6.45) is 1.43. The number of rotatable bonds is 4. The quantitative estimate of drug-likeness (QED) is 0.600. The van der Waals surface area contributed by atoms with Crippen LogP contribution in [0.4, 0.5) is 5.82 Å². The summed E-state index contributed by atoms with van der Waals surface area (Å²) in [5.74, 6) is -0.527. The number of anilines is 1. The fraction of sp³-hybridized carbons (Fsp3) is 0.556. The zero-order valence-electron chi connectivity index (χ0n) is 15.7. The molecule has 4 rings (SSSR count). The molecule has 0 saturated carbocycles. The van der Waals surface area contributed by atoms with Gasteiger partial charge in [-0.3, -0.25) is 5.43 Å². The lowest BCUT2D eigenvalue weighted by Crippen LogP contribution is -2.73. The van der Waals surface area contributed by atoms with Crippen molar-refractivity contribution in [3.63, 3.8) is 0 Å². The van der Waals surface area contributed by atoms with Crippen LogP contribution in [0.5, 0.6) is 0 Å². The molecule has 9 heteroatoms. The second kappa shape index (κ2) is 5.49. The third-order valence-corrected chi connectivity index (χ3v) is 5.81. The van der Waals surface area contributed by atoms with E-state index in [2.05, 4.69) is 16.6 Å². The number of aromatic nitrogens is 1. The van der Waals surface area contributed by atoms with E-state index in [9.17, 15) is 14.9 Å². The Balaban J connectivity index is 2.07. The molecule has 0 aliphatic carbocycles. The maximum absolute atomic E-state index is 13.3. The Hall–Kier alpha value is -3.02. The molecule has 9 nitrogen and oxygen atoms in total. The summed E-state index contributed by atoms with van der Waals surface area (Å²) in [4.78, 5) is 28.4. The predicted molar refractivity (Wildman–Crippen MR) is 95.4 cm³/mol. The topological polar surface area (TPSA) is 109 Å². The minimum Gasteiger partial charge on any atom is -0.464 e. The van der Waals surface area contributed by atoms with E-state index in [1.54, 1.807) is 18.4 Å². The van der Waals surface area contributed by atoms with E-state index in [1.807, 2.05) is 18.7 Å². The van der Waals surface area contributed by atoms with Gasteiger partial charge in [0, 0.05) is 12.2 Å². The summed E-state index contributed by atoms with van der Waals surface area (Å²) in [5.41, 5.74) is 1.88. The summed E-state index contributed by atoms with van der Waals surface area (Å²) < 4.78 is 12.5. The van der Waals surface area contributed by atoms with Crippen LogP contribution >= 0.6 is 0 Å². The Bertz CT molecular complexity index is 929. The summed E-state index contributed by atoms with van der Waals surface area (Å²) in [7, 11) is 0. The van der Waals surface area contributed by atoms with Crippen molar-refractivity contribution in [3.05, 3.63) is 16.8 Å². The molecule has 4 heterocycles. The highest BCUT2D eigenvalue weighted by molar-refractivity contribution is 6.11. The van der Waals surface area contributed by atoms with Gasteiger partial charge in [0.1, 0.15) is 11.9 Å². The summed E-state index contributed by atoms with van der Waals surface area (Å²) >= 11 is 0. The van der Waals surface area contributed by atoms with Crippen molar-refractivity contribution in [2.24, 2.45) is 5.10 Å². The van der Waals surface area contributed by atoms with Gasteiger partial charge in [0.15, 0.2) is 0 Å². The number of hydrogen-bond acceptors (Lipinski definition) is 8. The molecule has 1 fully saturated rings. The van der Waals surface area contributed by atoms with Crippen LogP contribution in [0.1, 0.15) is 30.7 Å². The normalized spacial score (nSPS) is 29.1. The fourth-order valence-electron chi connectivity index (χ4n) is 4.47. The molecule has 3 atom stereocenters. The van der Waals surface area contributed by atoms with Crippen LogP contribution in [-0.4, -0.2) is 54.1 Å². The molecular formula is C18H21N5O4. The molecule has 3 aliphatic rings. The molecule has 1 aromatic rings. The highest BCUT2D eigenvalue weighted by Gasteiger charge is 2.78. The van der Waals surface area contributed by atoms with Crippen molar-refractivity contribution in [3.8, 4) is 6.07 Å². The van der Waals surface area contributed by atoms with E-state index in [0.29, 0.717) is 23.6 Å². The standard InChI is InChI=1S/C18H21N5O4/c1-5-26-15(24)17-9-20-21-18(17,16(25)27-6-2)13-8-22(13)14-12(7-19)10(3)11(4)23(14)17/h9,13,21H,5-6,8H2,1-4H3. The summed E-state index contributed by atoms with van der Waals surface area (Å²) in [5, 5.41) is 13.9. The SMILES string of the molecule is CCOC(=O)C12NN=CC1(C(=O)OCC)n1c(C)c(C)c(C#N)c1N1CC12. The van der Waals surface area contributed by atoms with E-state index >= 15 is 0 Å². The average Bonchev–Trinajstić information content (AvgIpc) is 3.27. The third kappa shape index (κ3) is 1.75. The van der Waals surface area contributed by atoms with Crippen molar-refractivity contribution in [2.75, 3.05) is 24.7 Å². The number of esters is 2. The largest absolute Gasteiger partial charge is 0.464 e. The zero-order valence-corrected chi connectivity index (χ0v) is 15.7. The fourth-order valence-corrected chi connectivity index (χ4v) is 4.47. The number of fused-ring (bicyclic) bond motifs is 6.